The van der Waals surface area contributed by atoms with E-state index >= 15 is 0 Å². The average Bonchev–Trinajstić information content (AvgIpc) is 3.39. The highest BCUT2D eigenvalue weighted by molar-refractivity contribution is 7.20. The first kappa shape index (κ1) is 22.5. The van der Waals surface area contributed by atoms with Crippen LogP contribution in [0.15, 0.2) is 48.7 Å². The number of amides is 1. The van der Waals surface area contributed by atoms with Crippen LogP contribution < -0.4 is 5.32 Å². The van der Waals surface area contributed by atoms with E-state index in [4.69, 9.17) is 4.74 Å². The Morgan fingerprint density at radius 3 is 2.52 bits per heavy atom. The zero-order valence-electron chi connectivity index (χ0n) is 17.4. The number of hydrogen-bond acceptors (Lipinski definition) is 6. The Morgan fingerprint density at radius 2 is 1.85 bits per heavy atom. The van der Waals surface area contributed by atoms with Gasteiger partial charge in [-0.3, -0.25) is 4.79 Å². The molecule has 0 saturated carbocycles. The number of nitrogens with zero attached hydrogens (tertiary/aromatic N) is 3. The molecule has 1 aromatic carbocycles. The monoisotopic (exact) mass is 474 g/mol. The maximum Gasteiger partial charge on any atom is 0.433 e. The Balaban J connectivity index is 1.51. The van der Waals surface area contributed by atoms with Crippen LogP contribution in [0.3, 0.4) is 0 Å². The number of hydrogen-bond donors (Lipinski definition) is 1. The van der Waals surface area contributed by atoms with Crippen molar-refractivity contribution in [1.82, 2.24) is 14.8 Å². The van der Waals surface area contributed by atoms with Crippen LogP contribution in [-0.2, 0) is 10.9 Å². The first-order chi connectivity index (χ1) is 15.7. The number of benzene rings is 1. The first-order valence-corrected chi connectivity index (χ1v) is 10.6. The van der Waals surface area contributed by atoms with E-state index in [1.54, 1.807) is 44.3 Å². The minimum absolute atomic E-state index is 0.152. The van der Waals surface area contributed by atoms with Crippen LogP contribution >= 0.6 is 11.3 Å². The predicted octanol–water partition coefficient (Wildman–Crippen LogP) is 5.24. The van der Waals surface area contributed by atoms with Gasteiger partial charge in [-0.05, 0) is 61.9 Å². The van der Waals surface area contributed by atoms with Crippen LogP contribution in [0, 0.1) is 6.92 Å². The number of rotatable bonds is 5. The number of fused-ring (bicyclic) bond motifs is 1. The quantitative estimate of drug-likeness (QED) is 0.400. The van der Waals surface area contributed by atoms with Gasteiger partial charge in [-0.25, -0.2) is 14.5 Å². The molecule has 0 spiro atoms. The molecule has 0 radical (unpaired) electrons. The lowest BCUT2D eigenvalue weighted by atomic mass is 10.1. The number of ether oxygens (including phenoxy) is 1. The second-order valence-corrected chi connectivity index (χ2v) is 7.97. The third kappa shape index (κ3) is 4.58. The second kappa shape index (κ2) is 8.66. The van der Waals surface area contributed by atoms with Crippen molar-refractivity contribution >= 4 is 39.1 Å². The molecule has 3 heterocycles. The highest BCUT2D eigenvalue weighted by atomic mass is 32.1. The normalized spacial score (nSPS) is 11.5. The number of aromatic nitrogens is 3. The van der Waals surface area contributed by atoms with Crippen molar-refractivity contribution in [1.29, 1.82) is 0 Å². The van der Waals surface area contributed by atoms with Crippen molar-refractivity contribution in [3.8, 4) is 5.69 Å². The molecule has 170 valence electrons. The second-order valence-electron chi connectivity index (χ2n) is 6.97. The molecule has 0 aliphatic heterocycles. The summed E-state index contributed by atoms with van der Waals surface area (Å²) in [6.07, 6.45) is -2.94. The maximum atomic E-state index is 12.9. The van der Waals surface area contributed by atoms with Gasteiger partial charge in [-0.1, -0.05) is 0 Å². The molecule has 0 unspecified atom stereocenters. The smallest absolute Gasteiger partial charge is 0.433 e. The Morgan fingerprint density at radius 1 is 1.12 bits per heavy atom. The Bertz CT molecular complexity index is 1340. The van der Waals surface area contributed by atoms with Crippen molar-refractivity contribution in [3.63, 3.8) is 0 Å². The van der Waals surface area contributed by atoms with Crippen LogP contribution in [0.1, 0.15) is 38.3 Å². The Hall–Kier alpha value is -3.73. The van der Waals surface area contributed by atoms with Gasteiger partial charge in [0.05, 0.1) is 17.2 Å². The number of halogens is 3. The number of carbonyl (C=O) groups is 2. The molecule has 1 amide bonds. The summed E-state index contributed by atoms with van der Waals surface area (Å²) in [5.41, 5.74) is 0.890. The molecule has 0 atom stereocenters. The van der Waals surface area contributed by atoms with Crippen LogP contribution in [0.2, 0.25) is 0 Å². The Kier molecular flexibility index (Phi) is 5.90. The summed E-state index contributed by atoms with van der Waals surface area (Å²) in [7, 11) is 0. The summed E-state index contributed by atoms with van der Waals surface area (Å²) in [6, 6.07) is 10.5. The molecule has 3 aromatic heterocycles. The summed E-state index contributed by atoms with van der Waals surface area (Å²) in [5.74, 6) is -0.962. The van der Waals surface area contributed by atoms with Crippen LogP contribution in [0.4, 0.5) is 18.9 Å². The zero-order chi connectivity index (χ0) is 23.8. The molecule has 0 saturated heterocycles. The van der Waals surface area contributed by atoms with Gasteiger partial charge < -0.3 is 10.1 Å². The number of carbonyl (C=O) groups excluding carboxylic acids is 2. The minimum Gasteiger partial charge on any atom is -0.461 e. The van der Waals surface area contributed by atoms with Crippen molar-refractivity contribution in [2.45, 2.75) is 20.0 Å². The van der Waals surface area contributed by atoms with Crippen molar-refractivity contribution in [2.24, 2.45) is 0 Å². The summed E-state index contributed by atoms with van der Waals surface area (Å²) in [6.45, 7) is 3.63. The lowest BCUT2D eigenvalue weighted by Gasteiger charge is -2.06. The maximum absolute atomic E-state index is 12.9. The van der Waals surface area contributed by atoms with Crippen LogP contribution in [-0.4, -0.2) is 33.2 Å². The lowest BCUT2D eigenvalue weighted by molar-refractivity contribution is -0.140. The van der Waals surface area contributed by atoms with E-state index in [1.807, 2.05) is 0 Å². The molecule has 33 heavy (non-hydrogen) atoms. The van der Waals surface area contributed by atoms with E-state index in [-0.39, 0.29) is 22.0 Å². The molecule has 0 aliphatic carbocycles. The molecular weight excluding hydrogens is 457 g/mol. The SMILES string of the molecule is CCOC(=O)c1ccn(-c2ccc(NC(=O)c3sc4nc(C(F)(F)F)ccc4c3C)cc2)n1. The van der Waals surface area contributed by atoms with Gasteiger partial charge in [-0.2, -0.15) is 18.3 Å². The molecule has 0 fully saturated rings. The molecule has 7 nitrogen and oxygen atoms in total. The third-order valence-corrected chi connectivity index (χ3v) is 5.96. The molecule has 4 rings (SSSR count). The van der Waals surface area contributed by atoms with E-state index in [0.717, 1.165) is 17.4 Å². The van der Waals surface area contributed by atoms with Gasteiger partial charge in [0.1, 0.15) is 10.5 Å². The fraction of sp³-hybridized carbons (Fsp3) is 0.182. The van der Waals surface area contributed by atoms with Crippen LogP contribution in [0.5, 0.6) is 0 Å². The minimum atomic E-state index is -4.55. The third-order valence-electron chi connectivity index (χ3n) is 4.76. The fourth-order valence-corrected chi connectivity index (χ4v) is 4.22. The van der Waals surface area contributed by atoms with Crippen molar-refractivity contribution < 1.29 is 27.5 Å². The molecular formula is C22H17F3N4O3S. The van der Waals surface area contributed by atoms with E-state index in [9.17, 15) is 22.8 Å². The molecule has 1 N–H and O–H groups in total. The highest BCUT2D eigenvalue weighted by Crippen LogP contribution is 2.34. The molecule has 4 aromatic rings. The van der Waals surface area contributed by atoms with Crippen molar-refractivity contribution in [3.05, 3.63) is 70.5 Å². The standard InChI is InChI=1S/C22H17F3N4O3S/c1-3-32-21(31)16-10-11-29(28-16)14-6-4-13(5-7-14)26-19(30)18-12(2)15-8-9-17(22(23,24)25)27-20(15)33-18/h4-11H,3H2,1-2H3,(H,26,30). The average molecular weight is 474 g/mol. The fourth-order valence-electron chi connectivity index (χ4n) is 3.14. The zero-order valence-corrected chi connectivity index (χ0v) is 18.3. The van der Waals surface area contributed by atoms with E-state index < -0.39 is 23.7 Å². The van der Waals surface area contributed by atoms with Gasteiger partial charge in [-0.15, -0.1) is 11.3 Å². The summed E-state index contributed by atoms with van der Waals surface area (Å²) in [5, 5.41) is 7.41. The predicted molar refractivity (Wildman–Crippen MR) is 117 cm³/mol. The topological polar surface area (TPSA) is 86.1 Å². The van der Waals surface area contributed by atoms with Gasteiger partial charge in [0.15, 0.2) is 5.69 Å². The van der Waals surface area contributed by atoms with E-state index in [0.29, 0.717) is 22.3 Å². The number of pyridine rings is 1. The molecule has 0 aliphatic rings. The van der Waals surface area contributed by atoms with Crippen molar-refractivity contribution in [2.75, 3.05) is 11.9 Å². The number of nitrogens with one attached hydrogen (secondary N) is 1. The number of anilines is 1. The summed E-state index contributed by atoms with van der Waals surface area (Å²) >= 11 is 0.910. The number of alkyl halides is 3. The number of esters is 1. The molecule has 11 heteroatoms. The van der Waals surface area contributed by atoms with Crippen LogP contribution in [0.25, 0.3) is 15.9 Å². The van der Waals surface area contributed by atoms with E-state index in [1.165, 1.54) is 16.8 Å². The first-order valence-electron chi connectivity index (χ1n) is 9.79. The molecule has 0 bridgehead atoms. The summed E-state index contributed by atoms with van der Waals surface area (Å²) in [4.78, 5) is 28.6. The Labute approximate surface area is 189 Å². The lowest BCUT2D eigenvalue weighted by Crippen LogP contribution is -2.11. The van der Waals surface area contributed by atoms with E-state index in [2.05, 4.69) is 15.4 Å². The largest absolute Gasteiger partial charge is 0.461 e. The van der Waals surface area contributed by atoms with Gasteiger partial charge >= 0.3 is 12.1 Å². The summed E-state index contributed by atoms with van der Waals surface area (Å²) < 4.78 is 45.2. The number of thiophene rings is 1. The number of aryl methyl sites for hydroxylation is 1. The highest BCUT2D eigenvalue weighted by Gasteiger charge is 2.33. The van der Waals surface area contributed by atoms with Gasteiger partial charge in [0.25, 0.3) is 5.91 Å². The van der Waals surface area contributed by atoms with Gasteiger partial charge in [0, 0.05) is 17.3 Å². The van der Waals surface area contributed by atoms with Gasteiger partial charge in [0.2, 0.25) is 0 Å².